The van der Waals surface area contributed by atoms with Crippen molar-refractivity contribution in [2.75, 3.05) is 7.11 Å². The van der Waals surface area contributed by atoms with Crippen LogP contribution >= 0.6 is 22.7 Å². The number of fused-ring (bicyclic) bond motifs is 2. The molecule has 0 N–H and O–H groups in total. The lowest BCUT2D eigenvalue weighted by atomic mass is 10.2. The molecule has 4 rings (SSSR count). The van der Waals surface area contributed by atoms with E-state index in [9.17, 15) is 14.9 Å². The lowest BCUT2D eigenvalue weighted by molar-refractivity contribution is -0.384. The van der Waals surface area contributed by atoms with Crippen molar-refractivity contribution in [2.45, 2.75) is 6.54 Å². The number of ether oxygens (including phenoxy) is 1. The molecule has 1 amide bonds. The Labute approximate surface area is 173 Å². The summed E-state index contributed by atoms with van der Waals surface area (Å²) < 4.78 is 9.10. The summed E-state index contributed by atoms with van der Waals surface area (Å²) in [5.74, 6) is 0.306. The van der Waals surface area contributed by atoms with Crippen LogP contribution in [0.15, 0.2) is 60.1 Å². The Kier molecular flexibility index (Phi) is 4.99. The minimum absolute atomic E-state index is 0.00772. The number of para-hydroxylation sites is 1. The van der Waals surface area contributed by atoms with Gasteiger partial charge in [0.15, 0.2) is 4.80 Å². The summed E-state index contributed by atoms with van der Waals surface area (Å²) in [6.07, 6.45) is 1.74. The van der Waals surface area contributed by atoms with Crippen molar-refractivity contribution in [3.05, 3.63) is 74.9 Å². The molecule has 0 saturated carbocycles. The van der Waals surface area contributed by atoms with E-state index in [1.807, 2.05) is 22.8 Å². The number of carbonyl (C=O) groups is 1. The van der Waals surface area contributed by atoms with E-state index < -0.39 is 10.8 Å². The molecule has 0 atom stereocenters. The predicted octanol–water partition coefficient (Wildman–Crippen LogP) is 4.76. The number of nitro benzene ring substituents is 1. The molecule has 0 unspecified atom stereocenters. The molecule has 0 bridgehead atoms. The maximum atomic E-state index is 12.8. The number of hydrogen-bond acceptors (Lipinski definition) is 6. The van der Waals surface area contributed by atoms with Crippen LogP contribution in [-0.4, -0.2) is 22.5 Å². The van der Waals surface area contributed by atoms with Gasteiger partial charge in [-0.2, -0.15) is 4.99 Å². The van der Waals surface area contributed by atoms with Gasteiger partial charge in [0.25, 0.3) is 11.6 Å². The van der Waals surface area contributed by atoms with Gasteiger partial charge < -0.3 is 9.30 Å². The van der Waals surface area contributed by atoms with Gasteiger partial charge in [0.2, 0.25) is 0 Å². The second-order valence-corrected chi connectivity index (χ2v) is 8.19. The number of aromatic nitrogens is 1. The molecule has 2 aromatic carbocycles. The average Bonchev–Trinajstić information content (AvgIpc) is 3.29. The van der Waals surface area contributed by atoms with Gasteiger partial charge in [0.05, 0.1) is 21.6 Å². The van der Waals surface area contributed by atoms with Gasteiger partial charge in [0.1, 0.15) is 11.3 Å². The van der Waals surface area contributed by atoms with Crippen LogP contribution in [0.5, 0.6) is 5.75 Å². The van der Waals surface area contributed by atoms with E-state index in [-0.39, 0.29) is 5.69 Å². The smallest absolute Gasteiger partial charge is 0.289 e. The number of hydrogen-bond donors (Lipinski definition) is 0. The summed E-state index contributed by atoms with van der Waals surface area (Å²) in [6, 6.07) is 11.9. The fourth-order valence-electron chi connectivity index (χ4n) is 3.04. The number of thiazole rings is 1. The van der Waals surface area contributed by atoms with E-state index in [0.29, 0.717) is 27.4 Å². The number of carbonyl (C=O) groups excluding carboxylic acids is 1. The fraction of sp³-hybridized carbons (Fsp3) is 0.100. The fourth-order valence-corrected chi connectivity index (χ4v) is 5.02. The number of rotatable bonds is 5. The third kappa shape index (κ3) is 3.45. The van der Waals surface area contributed by atoms with Crippen molar-refractivity contribution in [1.82, 2.24) is 4.57 Å². The van der Waals surface area contributed by atoms with Crippen LogP contribution in [0.4, 0.5) is 5.69 Å². The van der Waals surface area contributed by atoms with Gasteiger partial charge in [0, 0.05) is 28.8 Å². The van der Waals surface area contributed by atoms with Crippen LogP contribution in [0, 0.1) is 10.1 Å². The van der Waals surface area contributed by atoms with Crippen LogP contribution in [-0.2, 0) is 6.54 Å². The number of nitro groups is 1. The zero-order chi connectivity index (χ0) is 20.5. The second-order valence-electron chi connectivity index (χ2n) is 6.10. The maximum Gasteiger partial charge on any atom is 0.289 e. The number of amides is 1. The van der Waals surface area contributed by atoms with Crippen LogP contribution in [0.3, 0.4) is 0 Å². The third-order valence-corrected chi connectivity index (χ3v) is 6.46. The van der Waals surface area contributed by atoms with Crippen molar-refractivity contribution >= 4 is 54.6 Å². The zero-order valence-electron chi connectivity index (χ0n) is 15.3. The molecular formula is C20H15N3O4S2. The Morgan fingerprint density at radius 3 is 2.83 bits per heavy atom. The van der Waals surface area contributed by atoms with Crippen molar-refractivity contribution in [3.8, 4) is 5.75 Å². The van der Waals surface area contributed by atoms with Gasteiger partial charge in [-0.1, -0.05) is 23.5 Å². The van der Waals surface area contributed by atoms with Gasteiger partial charge in [-0.15, -0.1) is 17.9 Å². The highest BCUT2D eigenvalue weighted by atomic mass is 32.1. The molecule has 0 aliphatic heterocycles. The highest BCUT2D eigenvalue weighted by Gasteiger charge is 2.15. The number of thiophene rings is 1. The molecule has 0 radical (unpaired) electrons. The minimum atomic E-state index is -0.453. The highest BCUT2D eigenvalue weighted by molar-refractivity contribution is 7.21. The van der Waals surface area contributed by atoms with Gasteiger partial charge in [-0.05, 0) is 24.3 Å². The summed E-state index contributed by atoms with van der Waals surface area (Å²) in [7, 11) is 1.60. The normalized spacial score (nSPS) is 11.8. The van der Waals surface area contributed by atoms with E-state index in [0.717, 1.165) is 14.9 Å². The van der Waals surface area contributed by atoms with E-state index in [1.165, 1.54) is 34.8 Å². The molecule has 9 heteroatoms. The van der Waals surface area contributed by atoms with Crippen molar-refractivity contribution in [1.29, 1.82) is 0 Å². The lowest BCUT2D eigenvalue weighted by Gasteiger charge is -2.05. The monoisotopic (exact) mass is 425 g/mol. The second kappa shape index (κ2) is 7.61. The third-order valence-electron chi connectivity index (χ3n) is 4.31. The summed E-state index contributed by atoms with van der Waals surface area (Å²) in [6.45, 7) is 4.27. The number of benzene rings is 2. The summed E-state index contributed by atoms with van der Waals surface area (Å²) in [5, 5.41) is 11.6. The molecule has 2 aromatic heterocycles. The first-order valence-corrected chi connectivity index (χ1v) is 10.2. The van der Waals surface area contributed by atoms with Crippen LogP contribution < -0.4 is 9.54 Å². The van der Waals surface area contributed by atoms with Crippen LogP contribution in [0.1, 0.15) is 9.67 Å². The number of methoxy groups -OCH3 is 1. The van der Waals surface area contributed by atoms with E-state index >= 15 is 0 Å². The molecule has 0 aliphatic rings. The number of allylic oxidation sites excluding steroid dienone is 1. The van der Waals surface area contributed by atoms with Gasteiger partial charge in [-0.25, -0.2) is 0 Å². The molecule has 2 heterocycles. The summed E-state index contributed by atoms with van der Waals surface area (Å²) in [4.78, 5) is 28.6. The first-order valence-electron chi connectivity index (χ1n) is 8.56. The molecular weight excluding hydrogens is 410 g/mol. The average molecular weight is 425 g/mol. The summed E-state index contributed by atoms with van der Waals surface area (Å²) in [5.41, 5.74) is 0.852. The molecule has 4 aromatic rings. The molecule has 29 heavy (non-hydrogen) atoms. The lowest BCUT2D eigenvalue weighted by Crippen LogP contribution is -2.16. The first-order chi connectivity index (χ1) is 14.0. The van der Waals surface area contributed by atoms with E-state index in [2.05, 4.69) is 11.6 Å². The van der Waals surface area contributed by atoms with Crippen LogP contribution in [0.2, 0.25) is 0 Å². The number of non-ortho nitro benzene ring substituents is 1. The predicted molar refractivity (Wildman–Crippen MR) is 115 cm³/mol. The Hall–Kier alpha value is -3.30. The van der Waals surface area contributed by atoms with E-state index in [4.69, 9.17) is 4.74 Å². The van der Waals surface area contributed by atoms with Crippen molar-refractivity contribution < 1.29 is 14.5 Å². The molecule has 0 aliphatic carbocycles. The highest BCUT2D eigenvalue weighted by Crippen LogP contribution is 2.30. The Bertz CT molecular complexity index is 1350. The topological polar surface area (TPSA) is 86.7 Å². The standard InChI is InChI=1S/C20H15N3O4S2/c1-3-9-22-18-14(27-2)5-4-6-16(18)29-20(22)21-19(24)17-11-12-10-13(23(25)26)7-8-15(12)28-17/h3-8,10-11H,1,9H2,2H3. The molecule has 0 fully saturated rings. The number of nitrogens with zero attached hydrogens (tertiary/aromatic N) is 3. The zero-order valence-corrected chi connectivity index (χ0v) is 17.0. The maximum absolute atomic E-state index is 12.8. The van der Waals surface area contributed by atoms with Crippen molar-refractivity contribution in [3.63, 3.8) is 0 Å². The summed E-state index contributed by atoms with van der Waals surface area (Å²) >= 11 is 2.66. The Morgan fingerprint density at radius 2 is 2.10 bits per heavy atom. The minimum Gasteiger partial charge on any atom is -0.495 e. The molecule has 146 valence electrons. The van der Waals surface area contributed by atoms with Gasteiger partial charge >= 0.3 is 0 Å². The largest absolute Gasteiger partial charge is 0.495 e. The van der Waals surface area contributed by atoms with E-state index in [1.54, 1.807) is 25.3 Å². The van der Waals surface area contributed by atoms with Crippen molar-refractivity contribution in [2.24, 2.45) is 4.99 Å². The van der Waals surface area contributed by atoms with Gasteiger partial charge in [-0.3, -0.25) is 14.9 Å². The van der Waals surface area contributed by atoms with Crippen LogP contribution in [0.25, 0.3) is 20.3 Å². The Balaban J connectivity index is 1.83. The SMILES string of the molecule is C=CCn1c(=NC(=O)c2cc3cc([N+](=O)[O-])ccc3s2)sc2cccc(OC)c21. The quantitative estimate of drug-likeness (QED) is 0.262. The Morgan fingerprint density at radius 1 is 1.28 bits per heavy atom. The molecule has 7 nitrogen and oxygen atoms in total. The molecule has 0 spiro atoms. The first kappa shape index (κ1) is 19.0. The molecule has 0 saturated heterocycles.